The van der Waals surface area contributed by atoms with Crippen molar-refractivity contribution >= 4 is 35.0 Å². The number of hydrogen-bond donors (Lipinski definition) is 2. The molecule has 0 aliphatic heterocycles. The third kappa shape index (κ3) is 8.15. The lowest BCUT2D eigenvalue weighted by Gasteiger charge is -2.09. The average molecular weight is 582 g/mol. The third-order valence-electron chi connectivity index (χ3n) is 6.51. The van der Waals surface area contributed by atoms with Crippen LogP contribution >= 0.6 is 0 Å². The molecule has 4 aromatic rings. The number of aromatic nitrogens is 1. The van der Waals surface area contributed by atoms with Crippen molar-refractivity contribution in [2.75, 3.05) is 13.2 Å². The lowest BCUT2D eigenvalue weighted by Crippen LogP contribution is -2.07. The standard InChI is InChI=1S/C32H30F3NO6/c33-24-17-27(34)31(35)28(18-24)42-16-2-1-15-41-25-13-10-21(11-14-25)9-12-22-5-3-7-26-23(6-4-8-29(37)38)19-36(32(22)26)20-30(39)40/h3,5,7,9-14,17-19H,1-2,4,6,8,15-16,20H2,(H,37,38)(H,39,40)/b12-9+. The highest BCUT2D eigenvalue weighted by molar-refractivity contribution is 5.94. The fourth-order valence-electron chi connectivity index (χ4n) is 4.57. The Kier molecular flexibility index (Phi) is 10.3. The molecule has 0 unspecified atom stereocenters. The van der Waals surface area contributed by atoms with Gasteiger partial charge in [0, 0.05) is 30.1 Å². The number of aryl methyl sites for hydroxylation is 1. The molecule has 0 aliphatic rings. The number of carbonyl (C=O) groups is 2. The van der Waals surface area contributed by atoms with Gasteiger partial charge in [-0.3, -0.25) is 9.59 Å². The first-order chi connectivity index (χ1) is 20.2. The Balaban J connectivity index is 1.33. The topological polar surface area (TPSA) is 98.0 Å². The van der Waals surface area contributed by atoms with Crippen LogP contribution in [-0.4, -0.2) is 39.9 Å². The Morgan fingerprint density at radius 2 is 1.60 bits per heavy atom. The maximum absolute atomic E-state index is 13.6. The summed E-state index contributed by atoms with van der Waals surface area (Å²) in [6, 6.07) is 14.4. The van der Waals surface area contributed by atoms with Crippen LogP contribution in [-0.2, 0) is 22.6 Å². The number of unbranched alkanes of at least 4 members (excludes halogenated alkanes) is 1. The summed E-state index contributed by atoms with van der Waals surface area (Å²) in [5, 5.41) is 19.3. The van der Waals surface area contributed by atoms with Gasteiger partial charge in [-0.05, 0) is 54.5 Å². The molecule has 0 spiro atoms. The van der Waals surface area contributed by atoms with Crippen molar-refractivity contribution in [3.05, 3.63) is 94.9 Å². The second-order valence-electron chi connectivity index (χ2n) is 9.67. The van der Waals surface area contributed by atoms with Gasteiger partial charge in [0.25, 0.3) is 0 Å². The van der Waals surface area contributed by atoms with E-state index in [-0.39, 0.29) is 19.6 Å². The van der Waals surface area contributed by atoms with Crippen LogP contribution in [0.4, 0.5) is 13.2 Å². The van der Waals surface area contributed by atoms with Gasteiger partial charge in [-0.25, -0.2) is 8.78 Å². The van der Waals surface area contributed by atoms with E-state index >= 15 is 0 Å². The van der Waals surface area contributed by atoms with Crippen LogP contribution in [0.2, 0.25) is 0 Å². The molecule has 0 aliphatic carbocycles. The minimum atomic E-state index is -1.30. The van der Waals surface area contributed by atoms with Gasteiger partial charge >= 0.3 is 11.9 Å². The predicted octanol–water partition coefficient (Wildman–Crippen LogP) is 6.96. The molecule has 3 aromatic carbocycles. The number of hydrogen-bond acceptors (Lipinski definition) is 4. The summed E-state index contributed by atoms with van der Waals surface area (Å²) in [5.41, 5.74) is 3.42. The molecule has 2 N–H and O–H groups in total. The van der Waals surface area contributed by atoms with Crippen LogP contribution in [0.5, 0.6) is 11.5 Å². The molecule has 42 heavy (non-hydrogen) atoms. The van der Waals surface area contributed by atoms with Crippen LogP contribution in [0.1, 0.15) is 42.4 Å². The minimum absolute atomic E-state index is 0.0411. The van der Waals surface area contributed by atoms with E-state index in [9.17, 15) is 27.9 Å². The number of aliphatic carboxylic acids is 2. The minimum Gasteiger partial charge on any atom is -0.494 e. The van der Waals surface area contributed by atoms with E-state index in [1.165, 1.54) is 0 Å². The number of carboxylic acid groups (broad SMARTS) is 2. The Morgan fingerprint density at radius 1 is 0.857 bits per heavy atom. The van der Waals surface area contributed by atoms with Gasteiger partial charge in [0.15, 0.2) is 11.6 Å². The number of rotatable bonds is 15. The molecule has 1 aromatic heterocycles. The largest absolute Gasteiger partial charge is 0.494 e. The van der Waals surface area contributed by atoms with Crippen molar-refractivity contribution in [3.63, 3.8) is 0 Å². The monoisotopic (exact) mass is 581 g/mol. The van der Waals surface area contributed by atoms with Crippen LogP contribution in [0.15, 0.2) is 60.8 Å². The fraction of sp³-hybridized carbons (Fsp3) is 0.250. The summed E-state index contributed by atoms with van der Waals surface area (Å²) in [6.45, 7) is 0.244. The number of fused-ring (bicyclic) bond motifs is 1. The summed E-state index contributed by atoms with van der Waals surface area (Å²) < 4.78 is 52.6. The highest BCUT2D eigenvalue weighted by atomic mass is 19.2. The Bertz CT molecular complexity index is 1580. The maximum atomic E-state index is 13.6. The van der Waals surface area contributed by atoms with E-state index in [1.54, 1.807) is 10.8 Å². The van der Waals surface area contributed by atoms with E-state index in [4.69, 9.17) is 14.6 Å². The summed E-state index contributed by atoms with van der Waals surface area (Å²) in [4.78, 5) is 22.4. The second-order valence-corrected chi connectivity index (χ2v) is 9.67. The summed E-state index contributed by atoms with van der Waals surface area (Å²) >= 11 is 0. The number of carboxylic acids is 2. The molecule has 220 valence electrons. The van der Waals surface area contributed by atoms with Crippen LogP contribution in [0.25, 0.3) is 23.1 Å². The number of ether oxygens (including phenoxy) is 2. The normalized spacial score (nSPS) is 11.3. The third-order valence-corrected chi connectivity index (χ3v) is 6.51. The highest BCUT2D eigenvalue weighted by Crippen LogP contribution is 2.28. The lowest BCUT2D eigenvalue weighted by atomic mass is 10.0. The molecular weight excluding hydrogens is 551 g/mol. The molecule has 0 atom stereocenters. The van der Waals surface area contributed by atoms with Gasteiger partial charge in [0.2, 0.25) is 5.82 Å². The smallest absolute Gasteiger partial charge is 0.323 e. The van der Waals surface area contributed by atoms with Crippen molar-refractivity contribution in [1.29, 1.82) is 0 Å². The van der Waals surface area contributed by atoms with Gasteiger partial charge in [0.05, 0.1) is 18.7 Å². The number of benzene rings is 3. The van der Waals surface area contributed by atoms with E-state index in [2.05, 4.69) is 0 Å². The van der Waals surface area contributed by atoms with Gasteiger partial charge in [-0.2, -0.15) is 4.39 Å². The molecular formula is C32H30F3NO6. The SMILES string of the molecule is O=C(O)CCCc1cn(CC(=O)O)c2c(/C=C/c3ccc(OCCCCOc4cc(F)cc(F)c4F)cc3)cccc12. The summed E-state index contributed by atoms with van der Waals surface area (Å²) in [6.07, 6.45) is 7.71. The van der Waals surface area contributed by atoms with Crippen molar-refractivity contribution in [3.8, 4) is 11.5 Å². The predicted molar refractivity (Wildman–Crippen MR) is 152 cm³/mol. The first kappa shape index (κ1) is 30.2. The maximum Gasteiger partial charge on any atom is 0.323 e. The van der Waals surface area contributed by atoms with Crippen molar-refractivity contribution < 1.29 is 42.4 Å². The quantitative estimate of drug-likeness (QED) is 0.0895. The summed E-state index contributed by atoms with van der Waals surface area (Å²) in [7, 11) is 0. The van der Waals surface area contributed by atoms with E-state index in [0.717, 1.165) is 33.7 Å². The van der Waals surface area contributed by atoms with E-state index in [0.29, 0.717) is 44.1 Å². The zero-order chi connectivity index (χ0) is 30.1. The van der Waals surface area contributed by atoms with Crippen molar-refractivity contribution in [2.24, 2.45) is 0 Å². The Hall–Kier alpha value is -4.73. The van der Waals surface area contributed by atoms with Crippen LogP contribution < -0.4 is 9.47 Å². The molecule has 7 nitrogen and oxygen atoms in total. The highest BCUT2D eigenvalue weighted by Gasteiger charge is 2.14. The van der Waals surface area contributed by atoms with Crippen molar-refractivity contribution in [1.82, 2.24) is 4.57 Å². The first-order valence-electron chi connectivity index (χ1n) is 13.4. The molecule has 10 heteroatoms. The molecule has 0 saturated heterocycles. The molecule has 4 rings (SSSR count). The molecule has 0 radical (unpaired) electrons. The Labute approximate surface area is 240 Å². The fourth-order valence-corrected chi connectivity index (χ4v) is 4.57. The Morgan fingerprint density at radius 3 is 2.31 bits per heavy atom. The van der Waals surface area contributed by atoms with E-state index < -0.39 is 35.1 Å². The molecule has 0 bridgehead atoms. The van der Waals surface area contributed by atoms with E-state index in [1.807, 2.05) is 54.6 Å². The summed E-state index contributed by atoms with van der Waals surface area (Å²) in [5.74, 6) is -5.07. The second kappa shape index (κ2) is 14.2. The van der Waals surface area contributed by atoms with Gasteiger partial charge in [-0.15, -0.1) is 0 Å². The van der Waals surface area contributed by atoms with Gasteiger partial charge in [0.1, 0.15) is 18.1 Å². The van der Waals surface area contributed by atoms with Crippen LogP contribution in [0.3, 0.4) is 0 Å². The number of para-hydroxylation sites is 1. The van der Waals surface area contributed by atoms with Gasteiger partial charge in [-0.1, -0.05) is 42.5 Å². The number of halogens is 3. The lowest BCUT2D eigenvalue weighted by molar-refractivity contribution is -0.138. The van der Waals surface area contributed by atoms with Crippen LogP contribution in [0, 0.1) is 17.5 Å². The average Bonchev–Trinajstić information content (AvgIpc) is 3.29. The molecule has 0 amide bonds. The number of nitrogens with zero attached hydrogens (tertiary/aromatic N) is 1. The van der Waals surface area contributed by atoms with Gasteiger partial charge < -0.3 is 24.3 Å². The molecule has 0 saturated carbocycles. The zero-order valence-corrected chi connectivity index (χ0v) is 22.7. The zero-order valence-electron chi connectivity index (χ0n) is 22.7. The molecule has 0 fully saturated rings. The first-order valence-corrected chi connectivity index (χ1v) is 13.4. The van der Waals surface area contributed by atoms with Crippen molar-refractivity contribution in [2.45, 2.75) is 38.6 Å². The molecule has 1 heterocycles.